The smallest absolute Gasteiger partial charge is 0.243 e. The van der Waals surface area contributed by atoms with Crippen LogP contribution in [0.4, 0.5) is 0 Å². The van der Waals surface area contributed by atoms with E-state index in [1.807, 2.05) is 6.92 Å². The summed E-state index contributed by atoms with van der Waals surface area (Å²) in [5.74, 6) is 0.351. The predicted molar refractivity (Wildman–Crippen MR) is 93.3 cm³/mol. The van der Waals surface area contributed by atoms with Gasteiger partial charge in [-0.05, 0) is 44.0 Å². The summed E-state index contributed by atoms with van der Waals surface area (Å²) in [5.41, 5.74) is 0.991. The molecule has 0 radical (unpaired) electrons. The molecule has 1 atom stereocenters. The molecule has 2 aromatic rings. The third kappa shape index (κ3) is 3.93. The molecule has 1 aromatic heterocycles. The van der Waals surface area contributed by atoms with Crippen LogP contribution in [0.25, 0.3) is 0 Å². The van der Waals surface area contributed by atoms with Crippen molar-refractivity contribution in [2.24, 2.45) is 0 Å². The minimum absolute atomic E-state index is 0.226. The number of hydrogen-bond donors (Lipinski definition) is 1. The van der Waals surface area contributed by atoms with Crippen LogP contribution in [0.15, 0.2) is 52.0 Å². The minimum atomic E-state index is -3.70. The fourth-order valence-electron chi connectivity index (χ4n) is 3.01. The van der Waals surface area contributed by atoms with Crippen molar-refractivity contribution >= 4 is 15.9 Å². The molecule has 7 heteroatoms. The molecule has 1 aromatic carbocycles. The second-order valence-electron chi connectivity index (χ2n) is 6.24. The van der Waals surface area contributed by atoms with Crippen molar-refractivity contribution in [2.75, 3.05) is 6.54 Å². The van der Waals surface area contributed by atoms with E-state index in [-0.39, 0.29) is 17.3 Å². The molecule has 1 amide bonds. The SMILES string of the molecule is Cc1ccc(S(=O)(=O)N2CCCC[C@@H]2C(=O)NCc2ccco2)cc1. The third-order valence-electron chi connectivity index (χ3n) is 4.40. The van der Waals surface area contributed by atoms with E-state index in [0.717, 1.165) is 18.4 Å². The van der Waals surface area contributed by atoms with Gasteiger partial charge in [0.15, 0.2) is 0 Å². The molecule has 3 rings (SSSR count). The number of benzene rings is 1. The number of amides is 1. The van der Waals surface area contributed by atoms with Gasteiger partial charge < -0.3 is 9.73 Å². The van der Waals surface area contributed by atoms with Crippen molar-refractivity contribution in [3.05, 3.63) is 54.0 Å². The van der Waals surface area contributed by atoms with Crippen molar-refractivity contribution in [1.29, 1.82) is 0 Å². The van der Waals surface area contributed by atoms with Gasteiger partial charge in [-0.2, -0.15) is 4.31 Å². The molecule has 0 saturated carbocycles. The average Bonchev–Trinajstić information content (AvgIpc) is 3.13. The highest BCUT2D eigenvalue weighted by Gasteiger charge is 2.37. The number of carbonyl (C=O) groups is 1. The van der Waals surface area contributed by atoms with E-state index in [1.54, 1.807) is 36.4 Å². The van der Waals surface area contributed by atoms with Crippen molar-refractivity contribution in [3.8, 4) is 0 Å². The van der Waals surface area contributed by atoms with Crippen molar-refractivity contribution in [1.82, 2.24) is 9.62 Å². The largest absolute Gasteiger partial charge is 0.467 e. The number of carbonyl (C=O) groups excluding carboxylic acids is 1. The van der Waals surface area contributed by atoms with Crippen LogP contribution < -0.4 is 5.32 Å². The first kappa shape index (κ1) is 17.7. The second-order valence-corrected chi connectivity index (χ2v) is 8.13. The van der Waals surface area contributed by atoms with E-state index in [0.29, 0.717) is 18.7 Å². The Kier molecular flexibility index (Phi) is 5.24. The quantitative estimate of drug-likeness (QED) is 0.886. The molecular weight excluding hydrogens is 340 g/mol. The lowest BCUT2D eigenvalue weighted by Crippen LogP contribution is -2.51. The predicted octanol–water partition coefficient (Wildman–Crippen LogP) is 2.45. The molecule has 1 saturated heterocycles. The summed E-state index contributed by atoms with van der Waals surface area (Å²) in [6, 6.07) is 9.55. The van der Waals surface area contributed by atoms with E-state index >= 15 is 0 Å². The van der Waals surface area contributed by atoms with Crippen LogP contribution >= 0.6 is 0 Å². The lowest BCUT2D eigenvalue weighted by Gasteiger charge is -2.33. The topological polar surface area (TPSA) is 79.6 Å². The molecule has 2 heterocycles. The van der Waals surface area contributed by atoms with Crippen LogP contribution in [0.3, 0.4) is 0 Å². The standard InChI is InChI=1S/C18H22N2O4S/c1-14-7-9-16(10-8-14)25(22,23)20-11-3-2-6-17(20)18(21)19-13-15-5-4-12-24-15/h4-5,7-10,12,17H,2-3,6,11,13H2,1H3,(H,19,21)/t17-/m1/s1. The highest BCUT2D eigenvalue weighted by Crippen LogP contribution is 2.25. The maximum Gasteiger partial charge on any atom is 0.243 e. The first-order valence-corrected chi connectivity index (χ1v) is 9.81. The van der Waals surface area contributed by atoms with Crippen LogP contribution in [0.1, 0.15) is 30.6 Å². The van der Waals surface area contributed by atoms with Gasteiger partial charge in [0.2, 0.25) is 15.9 Å². The lowest BCUT2D eigenvalue weighted by atomic mass is 10.0. The fraction of sp³-hybridized carbons (Fsp3) is 0.389. The first-order valence-electron chi connectivity index (χ1n) is 8.37. The van der Waals surface area contributed by atoms with Gasteiger partial charge >= 0.3 is 0 Å². The third-order valence-corrected chi connectivity index (χ3v) is 6.32. The highest BCUT2D eigenvalue weighted by atomic mass is 32.2. The monoisotopic (exact) mass is 362 g/mol. The Labute approximate surface area is 147 Å². The molecular formula is C18H22N2O4S. The Morgan fingerprint density at radius 3 is 2.68 bits per heavy atom. The first-order chi connectivity index (χ1) is 12.0. The van der Waals surface area contributed by atoms with Crippen molar-refractivity contribution < 1.29 is 17.6 Å². The average molecular weight is 362 g/mol. The molecule has 25 heavy (non-hydrogen) atoms. The summed E-state index contributed by atoms with van der Waals surface area (Å²) in [7, 11) is -3.70. The number of sulfonamides is 1. The Bertz CT molecular complexity index is 813. The van der Waals surface area contributed by atoms with Gasteiger partial charge in [-0.3, -0.25) is 4.79 Å². The summed E-state index contributed by atoms with van der Waals surface area (Å²) in [6.07, 6.45) is 3.65. The van der Waals surface area contributed by atoms with Crippen LogP contribution in [-0.4, -0.2) is 31.2 Å². The van der Waals surface area contributed by atoms with E-state index in [4.69, 9.17) is 4.42 Å². The van der Waals surface area contributed by atoms with E-state index in [2.05, 4.69) is 5.32 Å². The number of piperidine rings is 1. The Morgan fingerprint density at radius 1 is 1.24 bits per heavy atom. The van der Waals surface area contributed by atoms with Crippen LogP contribution in [0, 0.1) is 6.92 Å². The van der Waals surface area contributed by atoms with Gasteiger partial charge in [-0.1, -0.05) is 24.1 Å². The molecule has 0 spiro atoms. The minimum Gasteiger partial charge on any atom is -0.467 e. The zero-order chi connectivity index (χ0) is 17.9. The van der Waals surface area contributed by atoms with Crippen LogP contribution in [0.2, 0.25) is 0 Å². The van der Waals surface area contributed by atoms with Crippen LogP contribution in [-0.2, 0) is 21.4 Å². The second kappa shape index (κ2) is 7.41. The van der Waals surface area contributed by atoms with Crippen LogP contribution in [0.5, 0.6) is 0 Å². The fourth-order valence-corrected chi connectivity index (χ4v) is 4.66. The summed E-state index contributed by atoms with van der Waals surface area (Å²) < 4.78 is 32.5. The lowest BCUT2D eigenvalue weighted by molar-refractivity contribution is -0.125. The van der Waals surface area contributed by atoms with Gasteiger partial charge in [0.05, 0.1) is 17.7 Å². The molecule has 134 valence electrons. The van der Waals surface area contributed by atoms with E-state index in [9.17, 15) is 13.2 Å². The number of rotatable bonds is 5. The molecule has 1 N–H and O–H groups in total. The van der Waals surface area contributed by atoms with Gasteiger partial charge in [-0.15, -0.1) is 0 Å². The number of nitrogens with zero attached hydrogens (tertiary/aromatic N) is 1. The molecule has 0 aliphatic carbocycles. The zero-order valence-corrected chi connectivity index (χ0v) is 15.0. The molecule has 0 unspecified atom stereocenters. The molecule has 6 nitrogen and oxygen atoms in total. The van der Waals surface area contributed by atoms with E-state index < -0.39 is 16.1 Å². The van der Waals surface area contributed by atoms with E-state index in [1.165, 1.54) is 10.6 Å². The number of nitrogens with one attached hydrogen (secondary N) is 1. The normalized spacial score (nSPS) is 18.8. The van der Waals surface area contributed by atoms with Crippen molar-refractivity contribution in [3.63, 3.8) is 0 Å². The summed E-state index contributed by atoms with van der Waals surface area (Å²) >= 11 is 0. The Hall–Kier alpha value is -2.12. The summed E-state index contributed by atoms with van der Waals surface area (Å²) in [5, 5.41) is 2.78. The van der Waals surface area contributed by atoms with Crippen molar-refractivity contribution in [2.45, 2.75) is 43.7 Å². The Balaban J connectivity index is 1.77. The summed E-state index contributed by atoms with van der Waals surface area (Å²) in [4.78, 5) is 12.8. The summed E-state index contributed by atoms with van der Waals surface area (Å²) in [6.45, 7) is 2.51. The zero-order valence-electron chi connectivity index (χ0n) is 14.1. The molecule has 1 aliphatic rings. The van der Waals surface area contributed by atoms with Gasteiger partial charge in [-0.25, -0.2) is 8.42 Å². The number of hydrogen-bond acceptors (Lipinski definition) is 4. The maximum atomic E-state index is 13.0. The molecule has 0 bridgehead atoms. The molecule has 1 fully saturated rings. The Morgan fingerprint density at radius 2 is 2.00 bits per heavy atom. The number of aryl methyl sites for hydroxylation is 1. The maximum absolute atomic E-state index is 13.0. The van der Waals surface area contributed by atoms with Gasteiger partial charge in [0.1, 0.15) is 11.8 Å². The van der Waals surface area contributed by atoms with Gasteiger partial charge in [0, 0.05) is 6.54 Å². The number of furan rings is 1. The van der Waals surface area contributed by atoms with Gasteiger partial charge in [0.25, 0.3) is 0 Å². The molecule has 1 aliphatic heterocycles. The highest BCUT2D eigenvalue weighted by molar-refractivity contribution is 7.89.